The Morgan fingerprint density at radius 3 is 2.32 bits per heavy atom. The number of nitrogens with one attached hydrogen (secondary N) is 2. The third-order valence-corrected chi connectivity index (χ3v) is 3.24. The van der Waals surface area contributed by atoms with Crippen molar-refractivity contribution >= 4 is 17.5 Å². The molecule has 114 valence electrons. The molecule has 0 aliphatic carbocycles. The highest BCUT2D eigenvalue weighted by Crippen LogP contribution is 2.19. The lowest BCUT2D eigenvalue weighted by atomic mass is 10.1. The number of hydrogen-bond donors (Lipinski definition) is 3. The van der Waals surface area contributed by atoms with Crippen molar-refractivity contribution in [2.45, 2.75) is 20.4 Å². The van der Waals surface area contributed by atoms with E-state index in [9.17, 15) is 14.7 Å². The van der Waals surface area contributed by atoms with Gasteiger partial charge in [0.15, 0.2) is 0 Å². The Kier molecular flexibility index (Phi) is 4.78. The average Bonchev–Trinajstić information content (AvgIpc) is 2.49. The van der Waals surface area contributed by atoms with Crippen LogP contribution in [0.2, 0.25) is 0 Å². The summed E-state index contributed by atoms with van der Waals surface area (Å²) in [6.07, 6.45) is 0. The maximum atomic E-state index is 11.8. The van der Waals surface area contributed by atoms with E-state index < -0.39 is 11.8 Å². The van der Waals surface area contributed by atoms with Crippen LogP contribution in [0.25, 0.3) is 0 Å². The zero-order valence-electron chi connectivity index (χ0n) is 12.5. The Balaban J connectivity index is 1.92. The van der Waals surface area contributed by atoms with Crippen LogP contribution in [0, 0.1) is 13.8 Å². The van der Waals surface area contributed by atoms with Crippen LogP contribution in [0.15, 0.2) is 42.5 Å². The molecule has 22 heavy (non-hydrogen) atoms. The molecule has 0 aliphatic rings. The Morgan fingerprint density at radius 1 is 1.00 bits per heavy atom. The van der Waals surface area contributed by atoms with E-state index >= 15 is 0 Å². The first-order valence-corrected chi connectivity index (χ1v) is 6.90. The van der Waals surface area contributed by atoms with E-state index in [1.54, 1.807) is 13.0 Å². The fraction of sp³-hybridized carbons (Fsp3) is 0.176. The highest BCUT2D eigenvalue weighted by molar-refractivity contribution is 6.39. The maximum absolute atomic E-state index is 11.8. The minimum Gasteiger partial charge on any atom is -0.508 e. The summed E-state index contributed by atoms with van der Waals surface area (Å²) in [5.41, 5.74) is 3.23. The van der Waals surface area contributed by atoms with Crippen molar-refractivity contribution in [3.63, 3.8) is 0 Å². The molecule has 0 fully saturated rings. The number of carbonyl (C=O) groups excluding carboxylic acids is 2. The molecule has 2 amide bonds. The molecule has 0 heterocycles. The molecule has 0 aromatic heterocycles. The third kappa shape index (κ3) is 4.09. The standard InChI is InChI=1S/C17H18N2O3/c1-11-3-5-13(6-4-11)10-18-16(21)17(22)19-15-8-7-14(20)9-12(15)2/h3-9,20H,10H2,1-2H3,(H,18,21)(H,19,22). The highest BCUT2D eigenvalue weighted by Gasteiger charge is 2.14. The molecule has 0 saturated heterocycles. The summed E-state index contributed by atoms with van der Waals surface area (Å²) in [5, 5.41) is 14.4. The summed E-state index contributed by atoms with van der Waals surface area (Å²) in [7, 11) is 0. The first-order valence-electron chi connectivity index (χ1n) is 6.90. The SMILES string of the molecule is Cc1ccc(CNC(=O)C(=O)Nc2ccc(O)cc2C)cc1. The van der Waals surface area contributed by atoms with Crippen LogP contribution in [0.4, 0.5) is 5.69 Å². The zero-order valence-corrected chi connectivity index (χ0v) is 12.5. The summed E-state index contributed by atoms with van der Waals surface area (Å²) >= 11 is 0. The number of phenolic OH excluding ortho intramolecular Hbond substituents is 1. The minimum atomic E-state index is -0.735. The van der Waals surface area contributed by atoms with Crippen LogP contribution in [-0.4, -0.2) is 16.9 Å². The summed E-state index contributed by atoms with van der Waals surface area (Å²) < 4.78 is 0. The van der Waals surface area contributed by atoms with E-state index in [1.807, 2.05) is 31.2 Å². The Morgan fingerprint density at radius 2 is 1.68 bits per heavy atom. The predicted octanol–water partition coefficient (Wildman–Crippen LogP) is 2.26. The van der Waals surface area contributed by atoms with Gasteiger partial charge in [0, 0.05) is 12.2 Å². The number of carbonyl (C=O) groups is 2. The molecule has 0 bridgehead atoms. The van der Waals surface area contributed by atoms with Gasteiger partial charge in [-0.25, -0.2) is 0 Å². The van der Waals surface area contributed by atoms with Crippen molar-refractivity contribution in [2.24, 2.45) is 0 Å². The fourth-order valence-corrected chi connectivity index (χ4v) is 1.94. The lowest BCUT2D eigenvalue weighted by molar-refractivity contribution is -0.136. The lowest BCUT2D eigenvalue weighted by Crippen LogP contribution is -2.35. The monoisotopic (exact) mass is 298 g/mol. The summed E-state index contributed by atoms with van der Waals surface area (Å²) in [4.78, 5) is 23.6. The number of phenols is 1. The number of benzene rings is 2. The topological polar surface area (TPSA) is 78.4 Å². The van der Waals surface area contributed by atoms with Crippen molar-refractivity contribution in [3.05, 3.63) is 59.2 Å². The molecular weight excluding hydrogens is 280 g/mol. The molecule has 2 aromatic carbocycles. The van der Waals surface area contributed by atoms with Crippen LogP contribution in [0.3, 0.4) is 0 Å². The van der Waals surface area contributed by atoms with Crippen molar-refractivity contribution in [1.82, 2.24) is 5.32 Å². The summed E-state index contributed by atoms with van der Waals surface area (Å²) in [6, 6.07) is 12.2. The van der Waals surface area contributed by atoms with Crippen LogP contribution >= 0.6 is 0 Å². The van der Waals surface area contributed by atoms with E-state index in [1.165, 1.54) is 12.1 Å². The fourth-order valence-electron chi connectivity index (χ4n) is 1.94. The molecule has 2 aromatic rings. The second kappa shape index (κ2) is 6.76. The van der Waals surface area contributed by atoms with Gasteiger partial charge in [-0.3, -0.25) is 9.59 Å². The van der Waals surface area contributed by atoms with Gasteiger partial charge in [-0.15, -0.1) is 0 Å². The molecule has 0 spiro atoms. The second-order valence-electron chi connectivity index (χ2n) is 5.12. The molecule has 5 nitrogen and oxygen atoms in total. The second-order valence-corrected chi connectivity index (χ2v) is 5.12. The number of amides is 2. The Hall–Kier alpha value is -2.82. The smallest absolute Gasteiger partial charge is 0.313 e. The molecule has 0 unspecified atom stereocenters. The van der Waals surface area contributed by atoms with Gasteiger partial charge in [0.2, 0.25) is 0 Å². The number of rotatable bonds is 3. The lowest BCUT2D eigenvalue weighted by Gasteiger charge is -2.09. The first-order chi connectivity index (χ1) is 10.5. The predicted molar refractivity (Wildman–Crippen MR) is 84.5 cm³/mol. The average molecular weight is 298 g/mol. The molecule has 0 radical (unpaired) electrons. The summed E-state index contributed by atoms with van der Waals surface area (Å²) in [6.45, 7) is 4.01. The summed E-state index contributed by atoms with van der Waals surface area (Å²) in [5.74, 6) is -1.33. The van der Waals surface area contributed by atoms with Gasteiger partial charge in [0.25, 0.3) is 0 Å². The molecule has 0 saturated carbocycles. The Labute approximate surface area is 129 Å². The number of aryl methyl sites for hydroxylation is 2. The van der Waals surface area contributed by atoms with Gasteiger partial charge in [0.05, 0.1) is 0 Å². The molecule has 5 heteroatoms. The number of aromatic hydroxyl groups is 1. The normalized spacial score (nSPS) is 10.1. The van der Waals surface area contributed by atoms with Gasteiger partial charge >= 0.3 is 11.8 Å². The van der Waals surface area contributed by atoms with E-state index in [2.05, 4.69) is 10.6 Å². The molecule has 3 N–H and O–H groups in total. The van der Waals surface area contributed by atoms with Gasteiger partial charge in [0.1, 0.15) is 5.75 Å². The maximum Gasteiger partial charge on any atom is 0.313 e. The molecule has 0 atom stereocenters. The zero-order chi connectivity index (χ0) is 16.1. The third-order valence-electron chi connectivity index (χ3n) is 3.24. The number of anilines is 1. The molecule has 0 aliphatic heterocycles. The number of hydrogen-bond acceptors (Lipinski definition) is 3. The van der Waals surface area contributed by atoms with Gasteiger partial charge < -0.3 is 15.7 Å². The largest absolute Gasteiger partial charge is 0.508 e. The van der Waals surface area contributed by atoms with Crippen LogP contribution in [0.1, 0.15) is 16.7 Å². The first kappa shape index (κ1) is 15.6. The quantitative estimate of drug-likeness (QED) is 0.601. The highest BCUT2D eigenvalue weighted by atomic mass is 16.3. The van der Waals surface area contributed by atoms with Crippen LogP contribution in [-0.2, 0) is 16.1 Å². The van der Waals surface area contributed by atoms with Crippen molar-refractivity contribution in [3.8, 4) is 5.75 Å². The van der Waals surface area contributed by atoms with Crippen molar-refractivity contribution in [1.29, 1.82) is 0 Å². The van der Waals surface area contributed by atoms with Crippen LogP contribution < -0.4 is 10.6 Å². The molecule has 2 rings (SSSR count). The van der Waals surface area contributed by atoms with E-state index in [0.29, 0.717) is 17.8 Å². The van der Waals surface area contributed by atoms with E-state index in [-0.39, 0.29) is 5.75 Å². The van der Waals surface area contributed by atoms with Gasteiger partial charge in [-0.2, -0.15) is 0 Å². The van der Waals surface area contributed by atoms with E-state index in [4.69, 9.17) is 0 Å². The van der Waals surface area contributed by atoms with Crippen molar-refractivity contribution < 1.29 is 14.7 Å². The van der Waals surface area contributed by atoms with E-state index in [0.717, 1.165) is 11.1 Å². The molecular formula is C17H18N2O3. The van der Waals surface area contributed by atoms with Gasteiger partial charge in [-0.05, 0) is 43.2 Å². The Bertz CT molecular complexity index is 694. The minimum absolute atomic E-state index is 0.110. The van der Waals surface area contributed by atoms with Crippen LogP contribution in [0.5, 0.6) is 5.75 Å². The van der Waals surface area contributed by atoms with Gasteiger partial charge in [-0.1, -0.05) is 29.8 Å². The van der Waals surface area contributed by atoms with Crippen molar-refractivity contribution in [2.75, 3.05) is 5.32 Å².